The number of phenolic OH excluding ortho intramolecular Hbond substituents is 1. The highest BCUT2D eigenvalue weighted by molar-refractivity contribution is 5.97. The fraction of sp³-hybridized carbons (Fsp3) is 0.500. The Kier molecular flexibility index (Phi) is 21.3. The third-order valence-corrected chi connectivity index (χ3v) is 9.40. The minimum absolute atomic E-state index is 0.000714. The smallest absolute Gasteiger partial charge is 0.326 e. The van der Waals surface area contributed by atoms with Crippen LogP contribution < -0.4 is 49.1 Å². The molecule has 0 bridgehead atoms. The van der Waals surface area contributed by atoms with Gasteiger partial charge < -0.3 is 69.5 Å². The largest absolute Gasteiger partial charge is 0.508 e. The second-order valence-electron chi connectivity index (χ2n) is 14.7. The molecule has 21 nitrogen and oxygen atoms in total. The number of hydrogen-bond donors (Lipinski definition) is 13. The molecule has 0 aromatic heterocycles. The summed E-state index contributed by atoms with van der Waals surface area (Å²) < 4.78 is 0. The van der Waals surface area contributed by atoms with Crippen LogP contribution in [-0.2, 0) is 51.2 Å². The van der Waals surface area contributed by atoms with Gasteiger partial charge in [0.05, 0.1) is 18.2 Å². The van der Waals surface area contributed by atoms with Gasteiger partial charge in [-0.25, -0.2) is 4.79 Å². The first-order valence-corrected chi connectivity index (χ1v) is 19.7. The van der Waals surface area contributed by atoms with Gasteiger partial charge in [0.2, 0.25) is 41.4 Å². The minimum Gasteiger partial charge on any atom is -0.508 e. The molecule has 2 aromatic carbocycles. The van der Waals surface area contributed by atoms with Gasteiger partial charge in [-0.2, -0.15) is 0 Å². The highest BCUT2D eigenvalue weighted by atomic mass is 16.4. The van der Waals surface area contributed by atoms with Crippen LogP contribution in [0.1, 0.15) is 64.0 Å². The minimum atomic E-state index is -1.72. The van der Waals surface area contributed by atoms with Crippen molar-refractivity contribution in [2.75, 3.05) is 6.54 Å². The lowest BCUT2D eigenvalue weighted by Gasteiger charge is -2.28. The maximum absolute atomic E-state index is 13.6. The molecule has 0 saturated carbocycles. The fourth-order valence-corrected chi connectivity index (χ4v) is 5.87. The molecule has 0 spiro atoms. The molecule has 0 radical (unpaired) electrons. The van der Waals surface area contributed by atoms with E-state index >= 15 is 0 Å². The van der Waals surface area contributed by atoms with Crippen molar-refractivity contribution in [2.24, 2.45) is 17.2 Å². The summed E-state index contributed by atoms with van der Waals surface area (Å²) in [5, 5.41) is 54.5. The average Bonchev–Trinajstić information content (AvgIpc) is 3.20. The Morgan fingerprint density at radius 2 is 1.10 bits per heavy atom. The van der Waals surface area contributed by atoms with Gasteiger partial charge in [0, 0.05) is 12.8 Å². The monoisotopic (exact) mass is 857 g/mol. The third kappa shape index (κ3) is 17.9. The van der Waals surface area contributed by atoms with Crippen LogP contribution in [0, 0.1) is 0 Å². The van der Waals surface area contributed by atoms with Gasteiger partial charge in [-0.15, -0.1) is 0 Å². The average molecular weight is 858 g/mol. The van der Waals surface area contributed by atoms with E-state index in [0.717, 1.165) is 6.92 Å². The van der Waals surface area contributed by atoms with E-state index in [2.05, 4.69) is 31.9 Å². The lowest BCUT2D eigenvalue weighted by atomic mass is 10.0. The second kappa shape index (κ2) is 25.5. The first-order chi connectivity index (χ1) is 28.7. The van der Waals surface area contributed by atoms with Crippen LogP contribution in [0.4, 0.5) is 0 Å². The first kappa shape index (κ1) is 51.0. The number of carboxylic acids is 1. The zero-order chi connectivity index (χ0) is 45.8. The number of carbonyl (C=O) groups is 8. The van der Waals surface area contributed by atoms with E-state index < -0.39 is 102 Å². The number of aliphatic hydroxyl groups is 2. The van der Waals surface area contributed by atoms with Crippen molar-refractivity contribution in [2.45, 2.75) is 120 Å². The van der Waals surface area contributed by atoms with Crippen LogP contribution in [0.15, 0.2) is 54.6 Å². The Hall–Kier alpha value is -6.16. The van der Waals surface area contributed by atoms with Crippen molar-refractivity contribution in [1.29, 1.82) is 0 Å². The fourth-order valence-electron chi connectivity index (χ4n) is 5.87. The number of amides is 7. The number of nitrogens with one attached hydrogen (secondary N) is 6. The molecule has 0 unspecified atom stereocenters. The molecule has 2 aromatic rings. The number of hydrogen-bond acceptors (Lipinski definition) is 13. The number of phenols is 1. The number of aromatic hydroxyl groups is 1. The molecule has 0 aliphatic rings. The van der Waals surface area contributed by atoms with E-state index in [1.807, 2.05) is 0 Å². The number of nitrogens with two attached hydrogens (primary N) is 3. The van der Waals surface area contributed by atoms with Crippen molar-refractivity contribution in [3.63, 3.8) is 0 Å². The zero-order valence-corrected chi connectivity index (χ0v) is 34.3. The highest BCUT2D eigenvalue weighted by Gasteiger charge is 2.35. The van der Waals surface area contributed by atoms with Gasteiger partial charge in [0.1, 0.15) is 42.0 Å². The Morgan fingerprint density at radius 1 is 0.590 bits per heavy atom. The van der Waals surface area contributed by atoms with Gasteiger partial charge in [-0.3, -0.25) is 33.6 Å². The maximum atomic E-state index is 13.6. The highest BCUT2D eigenvalue weighted by Crippen LogP contribution is 2.12. The molecular formula is C40H59N9O12. The van der Waals surface area contributed by atoms with Gasteiger partial charge >= 0.3 is 5.97 Å². The molecule has 0 saturated heterocycles. The van der Waals surface area contributed by atoms with E-state index in [0.29, 0.717) is 30.5 Å². The first-order valence-electron chi connectivity index (χ1n) is 19.7. The number of carboxylic acid groups (broad SMARTS) is 1. The van der Waals surface area contributed by atoms with Crippen molar-refractivity contribution < 1.29 is 58.8 Å². The third-order valence-electron chi connectivity index (χ3n) is 9.40. The van der Waals surface area contributed by atoms with E-state index in [-0.39, 0.29) is 37.9 Å². The zero-order valence-electron chi connectivity index (χ0n) is 34.3. The van der Waals surface area contributed by atoms with E-state index in [9.17, 15) is 58.8 Å². The summed E-state index contributed by atoms with van der Waals surface area (Å²) >= 11 is 0. The van der Waals surface area contributed by atoms with Crippen molar-refractivity contribution in [1.82, 2.24) is 31.9 Å². The number of primary amides is 1. The second-order valence-corrected chi connectivity index (χ2v) is 14.7. The van der Waals surface area contributed by atoms with Crippen LogP contribution in [0.5, 0.6) is 5.75 Å². The van der Waals surface area contributed by atoms with Crippen molar-refractivity contribution >= 4 is 47.3 Å². The lowest BCUT2D eigenvalue weighted by molar-refractivity contribution is -0.142. The Bertz CT molecular complexity index is 1800. The standard InChI is InChI=1S/C40H59N9O12/c1-21(44-38(58)32(22(2)50)49-36(56)28(16-17-31(43)53)45-35(55)27(42)19-25-12-14-26(52)15-13-25)34(54)48-33(23(3)51)39(59)47-30(20-24-9-5-4-6-10-24)37(57)46-29(40(60)61)11-7-8-18-41/h4-6,9-10,12-15,21-23,27-30,32-33,50-52H,7-8,11,16-20,41-42H2,1-3H3,(H2,43,53)(H,44,58)(H,45,55)(H,46,57)(H,47,59)(H,48,54)(H,49,56)(H,60,61)/t21-,22+,23+,27-,28-,29-,30-,32-,33-/m0/s1. The topological polar surface area (TPSA) is 368 Å². The summed E-state index contributed by atoms with van der Waals surface area (Å²) in [6, 6.07) is 4.21. The number of carbonyl (C=O) groups excluding carboxylic acids is 7. The molecule has 7 amide bonds. The molecule has 0 aliphatic carbocycles. The summed E-state index contributed by atoms with van der Waals surface area (Å²) in [4.78, 5) is 104. The number of benzene rings is 2. The summed E-state index contributed by atoms with van der Waals surface area (Å²) in [7, 11) is 0. The number of rotatable bonds is 26. The number of aliphatic hydroxyl groups excluding tert-OH is 2. The predicted molar refractivity (Wildman–Crippen MR) is 220 cm³/mol. The molecule has 61 heavy (non-hydrogen) atoms. The molecule has 9 atom stereocenters. The van der Waals surface area contributed by atoms with Gasteiger partial charge in [0.15, 0.2) is 0 Å². The van der Waals surface area contributed by atoms with Crippen LogP contribution in [-0.4, -0.2) is 129 Å². The molecule has 2 rings (SSSR count). The van der Waals surface area contributed by atoms with Gasteiger partial charge in [-0.05, 0) is 82.7 Å². The van der Waals surface area contributed by atoms with E-state index in [4.69, 9.17) is 17.2 Å². The summed E-state index contributed by atoms with van der Waals surface area (Å²) in [5.74, 6) is -7.84. The van der Waals surface area contributed by atoms with Crippen LogP contribution in [0.2, 0.25) is 0 Å². The van der Waals surface area contributed by atoms with E-state index in [1.165, 1.54) is 26.0 Å². The molecule has 16 N–H and O–H groups in total. The van der Waals surface area contributed by atoms with Gasteiger partial charge in [-0.1, -0.05) is 42.5 Å². The summed E-state index contributed by atoms with van der Waals surface area (Å²) in [5.41, 5.74) is 18.0. The predicted octanol–water partition coefficient (Wildman–Crippen LogP) is -3.33. The summed E-state index contributed by atoms with van der Waals surface area (Å²) in [6.45, 7) is 3.87. The number of aliphatic carboxylic acids is 1. The molecule has 0 fully saturated rings. The Labute approximate surface area is 352 Å². The Balaban J connectivity index is 2.17. The van der Waals surface area contributed by atoms with Crippen molar-refractivity contribution in [3.8, 4) is 5.75 Å². The van der Waals surface area contributed by atoms with Crippen LogP contribution >= 0.6 is 0 Å². The normalized spacial score (nSPS) is 15.5. The Morgan fingerprint density at radius 3 is 1.64 bits per heavy atom. The SMILES string of the molecule is C[C@H](NC(=O)[C@@H](NC(=O)[C@H](CCC(N)=O)NC(=O)[C@@H](N)Cc1ccc(O)cc1)[C@@H](C)O)C(=O)N[C@H](C(=O)N[C@@H](Cc1ccccc1)C(=O)N[C@@H](CCCCN)C(=O)O)[C@@H](C)O. The number of unbranched alkanes of at least 4 members (excludes halogenated alkanes) is 1. The molecule has 0 aliphatic heterocycles. The maximum Gasteiger partial charge on any atom is 0.326 e. The van der Waals surface area contributed by atoms with Gasteiger partial charge in [0.25, 0.3) is 0 Å². The molecular weight excluding hydrogens is 798 g/mol. The van der Waals surface area contributed by atoms with Crippen LogP contribution in [0.25, 0.3) is 0 Å². The van der Waals surface area contributed by atoms with E-state index in [1.54, 1.807) is 42.5 Å². The molecule has 21 heteroatoms. The molecule has 336 valence electrons. The van der Waals surface area contributed by atoms with Crippen LogP contribution in [0.3, 0.4) is 0 Å². The van der Waals surface area contributed by atoms with Crippen molar-refractivity contribution in [3.05, 3.63) is 65.7 Å². The lowest BCUT2D eigenvalue weighted by Crippen LogP contribution is -2.62. The quantitative estimate of drug-likeness (QED) is 0.0412. The summed E-state index contributed by atoms with van der Waals surface area (Å²) in [6.07, 6.45) is -2.87. The molecule has 0 heterocycles.